The summed E-state index contributed by atoms with van der Waals surface area (Å²) in [5.74, 6) is 1.36. The van der Waals surface area contributed by atoms with Crippen LogP contribution in [0.2, 0.25) is 0 Å². The Balaban J connectivity index is 1.72. The van der Waals surface area contributed by atoms with E-state index in [2.05, 4.69) is 15.3 Å². The summed E-state index contributed by atoms with van der Waals surface area (Å²) in [5, 5.41) is 11.8. The quantitative estimate of drug-likeness (QED) is 0.774. The number of nitrogens with one attached hydrogen (secondary N) is 1. The van der Waals surface area contributed by atoms with Crippen molar-refractivity contribution in [3.05, 3.63) is 66.4 Å². The molecule has 3 aromatic rings. The van der Waals surface area contributed by atoms with Crippen LogP contribution in [0.15, 0.2) is 55.0 Å². The van der Waals surface area contributed by atoms with Gasteiger partial charge in [-0.2, -0.15) is 5.26 Å². The van der Waals surface area contributed by atoms with Crippen molar-refractivity contribution in [2.45, 2.75) is 6.92 Å². The van der Waals surface area contributed by atoms with Gasteiger partial charge >= 0.3 is 0 Å². The van der Waals surface area contributed by atoms with Gasteiger partial charge < -0.3 is 10.1 Å². The van der Waals surface area contributed by atoms with Crippen LogP contribution in [0.3, 0.4) is 0 Å². The number of ether oxygens (including phenoxy) is 1. The van der Waals surface area contributed by atoms with Crippen LogP contribution in [0.5, 0.6) is 5.75 Å². The van der Waals surface area contributed by atoms with Crippen LogP contribution < -0.4 is 10.1 Å². The number of nitrogens with zero attached hydrogens (tertiary/aromatic N) is 4. The summed E-state index contributed by atoms with van der Waals surface area (Å²) in [4.78, 5) is 20.7. The van der Waals surface area contributed by atoms with Gasteiger partial charge in [0, 0.05) is 18.6 Å². The van der Waals surface area contributed by atoms with Gasteiger partial charge in [-0.25, -0.2) is 9.97 Å². The van der Waals surface area contributed by atoms with E-state index in [0.29, 0.717) is 22.8 Å². The molecule has 7 heteroatoms. The van der Waals surface area contributed by atoms with Crippen molar-refractivity contribution >= 4 is 11.6 Å². The maximum atomic E-state index is 12.2. The van der Waals surface area contributed by atoms with E-state index in [0.717, 1.165) is 5.82 Å². The SMILES string of the molecule is Cc1nccn1-c1ncccc1NC(=O)COc1ccccc1C#N. The van der Waals surface area contributed by atoms with Crippen molar-refractivity contribution in [2.24, 2.45) is 0 Å². The van der Waals surface area contributed by atoms with E-state index in [1.165, 1.54) is 0 Å². The molecule has 25 heavy (non-hydrogen) atoms. The van der Waals surface area contributed by atoms with Gasteiger partial charge in [-0.05, 0) is 31.2 Å². The van der Waals surface area contributed by atoms with E-state index in [-0.39, 0.29) is 12.5 Å². The van der Waals surface area contributed by atoms with Crippen molar-refractivity contribution in [1.29, 1.82) is 5.26 Å². The van der Waals surface area contributed by atoms with Crippen molar-refractivity contribution in [3.8, 4) is 17.6 Å². The minimum Gasteiger partial charge on any atom is -0.482 e. The van der Waals surface area contributed by atoms with E-state index in [1.807, 2.05) is 13.0 Å². The first-order valence-electron chi connectivity index (χ1n) is 7.56. The Hall–Kier alpha value is -3.66. The number of hydrogen-bond donors (Lipinski definition) is 1. The largest absolute Gasteiger partial charge is 0.482 e. The molecule has 0 aliphatic heterocycles. The lowest BCUT2D eigenvalue weighted by molar-refractivity contribution is -0.118. The second-order valence-electron chi connectivity index (χ2n) is 5.16. The molecule has 1 amide bonds. The van der Waals surface area contributed by atoms with Crippen LogP contribution >= 0.6 is 0 Å². The maximum Gasteiger partial charge on any atom is 0.262 e. The highest BCUT2D eigenvalue weighted by molar-refractivity contribution is 5.93. The molecule has 0 saturated heterocycles. The van der Waals surface area contributed by atoms with E-state index in [4.69, 9.17) is 10.00 Å². The molecule has 0 fully saturated rings. The van der Waals surface area contributed by atoms with E-state index >= 15 is 0 Å². The third-order valence-corrected chi connectivity index (χ3v) is 3.48. The lowest BCUT2D eigenvalue weighted by Crippen LogP contribution is -2.21. The van der Waals surface area contributed by atoms with Crippen molar-refractivity contribution < 1.29 is 9.53 Å². The summed E-state index contributed by atoms with van der Waals surface area (Å²) < 4.78 is 7.22. The molecule has 0 aliphatic carbocycles. The zero-order valence-corrected chi connectivity index (χ0v) is 13.5. The van der Waals surface area contributed by atoms with Gasteiger partial charge in [0.25, 0.3) is 5.91 Å². The standard InChI is InChI=1S/C18H15N5O2/c1-13-20-9-10-23(13)18-15(6-4-8-21-18)22-17(24)12-25-16-7-3-2-5-14(16)11-19/h2-10H,12H2,1H3,(H,22,24). The molecule has 0 spiro atoms. The molecule has 0 saturated carbocycles. The second kappa shape index (κ2) is 7.27. The fourth-order valence-corrected chi connectivity index (χ4v) is 2.30. The van der Waals surface area contributed by atoms with E-state index in [1.54, 1.807) is 59.6 Å². The van der Waals surface area contributed by atoms with Gasteiger partial charge in [-0.15, -0.1) is 0 Å². The number of pyridine rings is 1. The first kappa shape index (κ1) is 16.2. The highest BCUT2D eigenvalue weighted by Crippen LogP contribution is 2.19. The number of para-hydroxylation sites is 1. The van der Waals surface area contributed by atoms with Crippen molar-refractivity contribution in [1.82, 2.24) is 14.5 Å². The first-order chi connectivity index (χ1) is 12.2. The summed E-state index contributed by atoms with van der Waals surface area (Å²) in [6, 6.07) is 12.3. The lowest BCUT2D eigenvalue weighted by Gasteiger charge is -2.12. The highest BCUT2D eigenvalue weighted by atomic mass is 16.5. The zero-order valence-electron chi connectivity index (χ0n) is 13.5. The second-order valence-corrected chi connectivity index (χ2v) is 5.16. The number of aromatic nitrogens is 3. The summed E-state index contributed by atoms with van der Waals surface area (Å²) >= 11 is 0. The number of aryl methyl sites for hydroxylation is 1. The molecule has 0 aliphatic rings. The van der Waals surface area contributed by atoms with Gasteiger partial charge in [-0.3, -0.25) is 9.36 Å². The summed E-state index contributed by atoms with van der Waals surface area (Å²) in [6.07, 6.45) is 5.08. The molecule has 1 N–H and O–H groups in total. The normalized spacial score (nSPS) is 10.1. The summed E-state index contributed by atoms with van der Waals surface area (Å²) in [5.41, 5.74) is 0.928. The molecule has 0 unspecified atom stereocenters. The lowest BCUT2D eigenvalue weighted by atomic mass is 10.2. The molecule has 2 aromatic heterocycles. The van der Waals surface area contributed by atoms with Crippen LogP contribution in [0.4, 0.5) is 5.69 Å². The number of imidazole rings is 1. The molecule has 0 radical (unpaired) electrons. The molecular formula is C18H15N5O2. The Bertz CT molecular complexity index is 942. The third kappa shape index (κ3) is 3.64. The molecule has 0 atom stereocenters. The molecule has 1 aromatic carbocycles. The number of rotatable bonds is 5. The average molecular weight is 333 g/mol. The van der Waals surface area contributed by atoms with Gasteiger partial charge in [0.2, 0.25) is 0 Å². The molecule has 3 rings (SSSR count). The summed E-state index contributed by atoms with van der Waals surface area (Å²) in [7, 11) is 0. The first-order valence-corrected chi connectivity index (χ1v) is 7.56. The number of nitriles is 1. The van der Waals surface area contributed by atoms with Gasteiger partial charge in [0.05, 0.1) is 11.3 Å². The van der Waals surface area contributed by atoms with Crippen LogP contribution in [-0.2, 0) is 4.79 Å². The smallest absolute Gasteiger partial charge is 0.262 e. The van der Waals surface area contributed by atoms with Crippen LogP contribution in [0.25, 0.3) is 5.82 Å². The van der Waals surface area contributed by atoms with Gasteiger partial charge in [-0.1, -0.05) is 12.1 Å². The highest BCUT2D eigenvalue weighted by Gasteiger charge is 2.12. The van der Waals surface area contributed by atoms with Crippen LogP contribution in [-0.4, -0.2) is 27.0 Å². The topological polar surface area (TPSA) is 92.8 Å². The Morgan fingerprint density at radius 1 is 1.24 bits per heavy atom. The molecular weight excluding hydrogens is 318 g/mol. The fraction of sp³-hybridized carbons (Fsp3) is 0.111. The Kier molecular flexibility index (Phi) is 4.72. The molecule has 0 bridgehead atoms. The van der Waals surface area contributed by atoms with Crippen LogP contribution in [0.1, 0.15) is 11.4 Å². The number of anilines is 1. The van der Waals surface area contributed by atoms with E-state index in [9.17, 15) is 4.79 Å². The number of carbonyl (C=O) groups excluding carboxylic acids is 1. The van der Waals surface area contributed by atoms with Gasteiger partial charge in [0.15, 0.2) is 12.4 Å². The molecule has 2 heterocycles. The molecule has 124 valence electrons. The van der Waals surface area contributed by atoms with Crippen molar-refractivity contribution in [3.63, 3.8) is 0 Å². The number of benzene rings is 1. The zero-order chi connectivity index (χ0) is 17.6. The number of carbonyl (C=O) groups is 1. The third-order valence-electron chi connectivity index (χ3n) is 3.48. The van der Waals surface area contributed by atoms with Crippen molar-refractivity contribution in [2.75, 3.05) is 11.9 Å². The van der Waals surface area contributed by atoms with E-state index < -0.39 is 0 Å². The van der Waals surface area contributed by atoms with Gasteiger partial charge in [0.1, 0.15) is 17.6 Å². The minimum atomic E-state index is -0.347. The Morgan fingerprint density at radius 3 is 2.84 bits per heavy atom. The Labute approximate surface area is 144 Å². The fourth-order valence-electron chi connectivity index (χ4n) is 2.30. The summed E-state index contributed by atoms with van der Waals surface area (Å²) in [6.45, 7) is 1.64. The Morgan fingerprint density at radius 2 is 2.08 bits per heavy atom. The number of amides is 1. The minimum absolute atomic E-state index is 0.212. The predicted molar refractivity (Wildman–Crippen MR) is 91.4 cm³/mol. The number of hydrogen-bond acceptors (Lipinski definition) is 5. The monoisotopic (exact) mass is 333 g/mol. The molecule has 7 nitrogen and oxygen atoms in total. The predicted octanol–water partition coefficient (Wildman–Crippen LogP) is 2.46. The van der Waals surface area contributed by atoms with Crippen LogP contribution in [0, 0.1) is 18.3 Å². The maximum absolute atomic E-state index is 12.2. The average Bonchev–Trinajstić information content (AvgIpc) is 3.06.